The summed E-state index contributed by atoms with van der Waals surface area (Å²) in [5, 5.41) is 2.69. The van der Waals surface area contributed by atoms with Crippen LogP contribution in [0.2, 0.25) is 0 Å². The molecular weight excluding hydrogens is 272 g/mol. The SMILES string of the molecule is COC(=O)c1cccc(NC(=O)CN2CCCCC2=O)c1. The van der Waals surface area contributed by atoms with Crippen molar-refractivity contribution in [2.24, 2.45) is 0 Å². The van der Waals surface area contributed by atoms with Gasteiger partial charge in [0.2, 0.25) is 11.8 Å². The second kappa shape index (κ2) is 6.88. The molecule has 0 spiro atoms. The summed E-state index contributed by atoms with van der Waals surface area (Å²) in [7, 11) is 1.30. The van der Waals surface area contributed by atoms with Crippen LogP contribution in [0.1, 0.15) is 29.6 Å². The predicted molar refractivity (Wildman–Crippen MR) is 76.8 cm³/mol. The summed E-state index contributed by atoms with van der Waals surface area (Å²) in [5.74, 6) is -0.718. The van der Waals surface area contributed by atoms with Crippen LogP contribution in [0.4, 0.5) is 5.69 Å². The zero-order valence-electron chi connectivity index (χ0n) is 11.9. The Morgan fingerprint density at radius 3 is 2.86 bits per heavy atom. The van der Waals surface area contributed by atoms with Gasteiger partial charge in [0.25, 0.3) is 0 Å². The summed E-state index contributed by atoms with van der Waals surface area (Å²) in [6.45, 7) is 0.662. The molecule has 1 aliphatic rings. The van der Waals surface area contributed by atoms with Crippen molar-refractivity contribution in [3.05, 3.63) is 29.8 Å². The van der Waals surface area contributed by atoms with Crippen molar-refractivity contribution in [3.8, 4) is 0 Å². The molecule has 1 saturated heterocycles. The number of nitrogens with one attached hydrogen (secondary N) is 1. The number of nitrogens with zero attached hydrogens (tertiary/aromatic N) is 1. The molecule has 0 radical (unpaired) electrons. The zero-order chi connectivity index (χ0) is 15.2. The van der Waals surface area contributed by atoms with E-state index in [1.54, 1.807) is 29.2 Å². The molecule has 0 aliphatic carbocycles. The standard InChI is InChI=1S/C15H18N2O4/c1-21-15(20)11-5-4-6-12(9-11)16-13(18)10-17-8-3-2-7-14(17)19/h4-6,9H,2-3,7-8,10H2,1H3,(H,16,18). The minimum Gasteiger partial charge on any atom is -0.465 e. The van der Waals surface area contributed by atoms with Crippen LogP contribution in [-0.4, -0.2) is 42.9 Å². The lowest BCUT2D eigenvalue weighted by atomic mass is 10.1. The molecule has 1 heterocycles. The van der Waals surface area contributed by atoms with Crippen molar-refractivity contribution in [2.45, 2.75) is 19.3 Å². The van der Waals surface area contributed by atoms with Gasteiger partial charge in [-0.05, 0) is 31.0 Å². The van der Waals surface area contributed by atoms with E-state index in [1.807, 2.05) is 0 Å². The van der Waals surface area contributed by atoms with E-state index in [0.717, 1.165) is 12.8 Å². The molecule has 0 bridgehead atoms. The molecule has 1 aromatic carbocycles. The molecule has 6 nitrogen and oxygen atoms in total. The summed E-state index contributed by atoms with van der Waals surface area (Å²) in [4.78, 5) is 36.6. The highest BCUT2D eigenvalue weighted by atomic mass is 16.5. The Morgan fingerprint density at radius 1 is 1.33 bits per heavy atom. The lowest BCUT2D eigenvalue weighted by Crippen LogP contribution is -2.40. The van der Waals surface area contributed by atoms with E-state index in [0.29, 0.717) is 24.2 Å². The Labute approximate surface area is 123 Å². The molecule has 1 N–H and O–H groups in total. The third kappa shape index (κ3) is 4.05. The summed E-state index contributed by atoms with van der Waals surface area (Å²) in [6, 6.07) is 6.49. The number of methoxy groups -OCH3 is 1. The second-order valence-electron chi connectivity index (χ2n) is 4.89. The third-order valence-corrected chi connectivity index (χ3v) is 3.32. The van der Waals surface area contributed by atoms with E-state index in [-0.39, 0.29) is 18.4 Å². The van der Waals surface area contributed by atoms with Gasteiger partial charge in [-0.2, -0.15) is 0 Å². The second-order valence-corrected chi connectivity index (χ2v) is 4.89. The first kappa shape index (κ1) is 15.0. The molecule has 2 rings (SSSR count). The number of anilines is 1. The number of hydrogen-bond donors (Lipinski definition) is 1. The quantitative estimate of drug-likeness (QED) is 0.851. The van der Waals surface area contributed by atoms with Gasteiger partial charge in [-0.3, -0.25) is 9.59 Å². The number of benzene rings is 1. The van der Waals surface area contributed by atoms with E-state index in [1.165, 1.54) is 7.11 Å². The first-order chi connectivity index (χ1) is 10.1. The number of carbonyl (C=O) groups excluding carboxylic acids is 3. The summed E-state index contributed by atoms with van der Waals surface area (Å²) < 4.78 is 4.63. The average Bonchev–Trinajstić information content (AvgIpc) is 2.49. The van der Waals surface area contributed by atoms with Gasteiger partial charge >= 0.3 is 5.97 Å². The maximum absolute atomic E-state index is 12.0. The number of ether oxygens (including phenoxy) is 1. The van der Waals surface area contributed by atoms with Crippen molar-refractivity contribution in [1.82, 2.24) is 4.90 Å². The Bertz CT molecular complexity index is 556. The van der Waals surface area contributed by atoms with E-state index in [2.05, 4.69) is 10.1 Å². The molecule has 0 saturated carbocycles. The topological polar surface area (TPSA) is 75.7 Å². The highest BCUT2D eigenvalue weighted by Crippen LogP contribution is 2.13. The monoisotopic (exact) mass is 290 g/mol. The van der Waals surface area contributed by atoms with Gasteiger partial charge in [-0.25, -0.2) is 4.79 Å². The van der Waals surface area contributed by atoms with Crippen molar-refractivity contribution in [2.75, 3.05) is 25.5 Å². The normalized spacial score (nSPS) is 14.7. The molecule has 1 fully saturated rings. The molecule has 1 aliphatic heterocycles. The van der Waals surface area contributed by atoms with E-state index < -0.39 is 5.97 Å². The first-order valence-electron chi connectivity index (χ1n) is 6.86. The average molecular weight is 290 g/mol. The number of esters is 1. The zero-order valence-corrected chi connectivity index (χ0v) is 11.9. The van der Waals surface area contributed by atoms with Gasteiger partial charge < -0.3 is 15.0 Å². The Morgan fingerprint density at radius 2 is 2.14 bits per heavy atom. The maximum atomic E-state index is 12.0. The van der Waals surface area contributed by atoms with Crippen LogP contribution < -0.4 is 5.32 Å². The minimum absolute atomic E-state index is 0.0136. The van der Waals surface area contributed by atoms with Crippen molar-refractivity contribution >= 4 is 23.5 Å². The minimum atomic E-state index is -0.461. The van der Waals surface area contributed by atoms with Gasteiger partial charge in [0.1, 0.15) is 0 Å². The van der Waals surface area contributed by atoms with Crippen LogP contribution in [0, 0.1) is 0 Å². The van der Waals surface area contributed by atoms with E-state index in [9.17, 15) is 14.4 Å². The number of piperidine rings is 1. The molecule has 1 aromatic rings. The Kier molecular flexibility index (Phi) is 4.92. The molecular formula is C15H18N2O4. The number of likely N-dealkylation sites (tertiary alicyclic amines) is 1. The van der Waals surface area contributed by atoms with E-state index in [4.69, 9.17) is 0 Å². The fraction of sp³-hybridized carbons (Fsp3) is 0.400. The molecule has 2 amide bonds. The predicted octanol–water partition coefficient (Wildman–Crippen LogP) is 1.42. The van der Waals surface area contributed by atoms with Crippen LogP contribution in [0.15, 0.2) is 24.3 Å². The Hall–Kier alpha value is -2.37. The van der Waals surface area contributed by atoms with Gasteiger partial charge in [0.15, 0.2) is 0 Å². The number of carbonyl (C=O) groups is 3. The number of hydrogen-bond acceptors (Lipinski definition) is 4. The summed E-state index contributed by atoms with van der Waals surface area (Å²) in [5.41, 5.74) is 0.872. The lowest BCUT2D eigenvalue weighted by Gasteiger charge is -2.25. The highest BCUT2D eigenvalue weighted by molar-refractivity contribution is 5.96. The molecule has 112 valence electrons. The smallest absolute Gasteiger partial charge is 0.337 e. The van der Waals surface area contributed by atoms with Gasteiger partial charge in [-0.1, -0.05) is 6.07 Å². The van der Waals surface area contributed by atoms with Crippen LogP contribution in [-0.2, 0) is 14.3 Å². The van der Waals surface area contributed by atoms with E-state index >= 15 is 0 Å². The number of amides is 2. The van der Waals surface area contributed by atoms with Crippen LogP contribution in [0.25, 0.3) is 0 Å². The largest absolute Gasteiger partial charge is 0.465 e. The maximum Gasteiger partial charge on any atom is 0.337 e. The summed E-state index contributed by atoms with van der Waals surface area (Å²) >= 11 is 0. The lowest BCUT2D eigenvalue weighted by molar-refractivity contribution is -0.136. The fourth-order valence-corrected chi connectivity index (χ4v) is 2.24. The molecule has 0 atom stereocenters. The Balaban J connectivity index is 1.96. The molecule has 0 unspecified atom stereocenters. The van der Waals surface area contributed by atoms with Gasteiger partial charge in [0, 0.05) is 18.7 Å². The van der Waals surface area contributed by atoms with Gasteiger partial charge in [-0.15, -0.1) is 0 Å². The van der Waals surface area contributed by atoms with Gasteiger partial charge in [0.05, 0.1) is 19.2 Å². The summed E-state index contributed by atoms with van der Waals surface area (Å²) in [6.07, 6.45) is 2.32. The van der Waals surface area contributed by atoms with Crippen molar-refractivity contribution in [1.29, 1.82) is 0 Å². The highest BCUT2D eigenvalue weighted by Gasteiger charge is 2.20. The molecule has 6 heteroatoms. The molecule has 0 aromatic heterocycles. The van der Waals surface area contributed by atoms with Crippen molar-refractivity contribution < 1.29 is 19.1 Å². The fourth-order valence-electron chi connectivity index (χ4n) is 2.24. The van der Waals surface area contributed by atoms with Crippen LogP contribution in [0.5, 0.6) is 0 Å². The number of rotatable bonds is 4. The third-order valence-electron chi connectivity index (χ3n) is 3.32. The first-order valence-corrected chi connectivity index (χ1v) is 6.86. The van der Waals surface area contributed by atoms with Crippen LogP contribution in [0.3, 0.4) is 0 Å². The molecule has 21 heavy (non-hydrogen) atoms. The van der Waals surface area contributed by atoms with Crippen molar-refractivity contribution in [3.63, 3.8) is 0 Å². The van der Waals surface area contributed by atoms with Crippen LogP contribution >= 0.6 is 0 Å².